The molecule has 0 aliphatic rings. The molecule has 0 amide bonds. The van der Waals surface area contributed by atoms with Gasteiger partial charge in [0.1, 0.15) is 23.1 Å². The zero-order chi connectivity index (χ0) is 21.9. The SMILES string of the molecule is C[SH](O)(Cc1cc(F)cc(Nc2ncc(F)c(-c3ccc(F)cc3F)n2)c1)=NC#N. The lowest BCUT2D eigenvalue weighted by Crippen LogP contribution is -2.10. The van der Waals surface area contributed by atoms with Crippen LogP contribution in [-0.2, 0) is 15.9 Å². The van der Waals surface area contributed by atoms with Gasteiger partial charge >= 0.3 is 0 Å². The molecule has 0 aliphatic heterocycles. The number of anilines is 2. The summed E-state index contributed by atoms with van der Waals surface area (Å²) in [6.07, 6.45) is 3.74. The average molecular weight is 437 g/mol. The third-order valence-electron chi connectivity index (χ3n) is 3.89. The first kappa shape index (κ1) is 21.4. The summed E-state index contributed by atoms with van der Waals surface area (Å²) >= 11 is 0. The molecule has 0 spiro atoms. The van der Waals surface area contributed by atoms with E-state index in [4.69, 9.17) is 5.26 Å². The highest BCUT2D eigenvalue weighted by Crippen LogP contribution is 2.26. The van der Waals surface area contributed by atoms with E-state index in [0.717, 1.165) is 24.4 Å². The number of thiol groups is 1. The Kier molecular flexibility index (Phi) is 6.09. The van der Waals surface area contributed by atoms with Crippen molar-refractivity contribution in [3.8, 4) is 17.5 Å². The number of nitrogens with one attached hydrogen (secondary N) is 1. The molecule has 2 aromatic carbocycles. The predicted molar refractivity (Wildman–Crippen MR) is 106 cm³/mol. The Balaban J connectivity index is 1.94. The number of hydrogen-bond donors (Lipinski definition) is 3. The van der Waals surface area contributed by atoms with Gasteiger partial charge in [-0.1, -0.05) is 10.1 Å². The van der Waals surface area contributed by atoms with Crippen LogP contribution in [0.15, 0.2) is 47.0 Å². The Hall–Kier alpha value is -3.36. The molecule has 0 saturated carbocycles. The lowest BCUT2D eigenvalue weighted by molar-refractivity contribution is 0.580. The zero-order valence-corrected chi connectivity index (χ0v) is 16.3. The minimum absolute atomic E-state index is 0.0384. The quantitative estimate of drug-likeness (QED) is 0.308. The van der Waals surface area contributed by atoms with Gasteiger partial charge in [0.2, 0.25) is 12.1 Å². The summed E-state index contributed by atoms with van der Waals surface area (Å²) in [5, 5.41) is 11.3. The maximum Gasteiger partial charge on any atom is 0.227 e. The van der Waals surface area contributed by atoms with Gasteiger partial charge in [0, 0.05) is 23.1 Å². The van der Waals surface area contributed by atoms with Crippen LogP contribution in [0.25, 0.3) is 11.3 Å². The van der Waals surface area contributed by atoms with Crippen LogP contribution in [0.1, 0.15) is 5.56 Å². The van der Waals surface area contributed by atoms with Gasteiger partial charge in [0.25, 0.3) is 0 Å². The van der Waals surface area contributed by atoms with Gasteiger partial charge in [0.15, 0.2) is 5.82 Å². The summed E-state index contributed by atoms with van der Waals surface area (Å²) in [5.41, 5.74) is -0.123. The second-order valence-electron chi connectivity index (χ2n) is 6.43. The van der Waals surface area contributed by atoms with Crippen molar-refractivity contribution in [1.29, 1.82) is 5.26 Å². The van der Waals surface area contributed by atoms with Crippen molar-refractivity contribution in [2.75, 3.05) is 11.6 Å². The lowest BCUT2D eigenvalue weighted by atomic mass is 10.1. The number of benzene rings is 2. The molecule has 11 heteroatoms. The third kappa shape index (κ3) is 5.16. The molecule has 0 aliphatic carbocycles. The van der Waals surface area contributed by atoms with E-state index in [1.165, 1.54) is 24.6 Å². The summed E-state index contributed by atoms with van der Waals surface area (Å²) in [6, 6.07) is 6.39. The Morgan fingerprint density at radius 2 is 1.87 bits per heavy atom. The molecular formula is C19H15F4N5OS. The molecule has 0 unspecified atom stereocenters. The van der Waals surface area contributed by atoms with E-state index in [2.05, 4.69) is 19.6 Å². The van der Waals surface area contributed by atoms with Gasteiger partial charge in [-0.3, -0.25) is 0 Å². The molecule has 0 radical (unpaired) electrons. The number of nitrogens with zero attached hydrogens (tertiary/aromatic N) is 4. The van der Waals surface area contributed by atoms with E-state index in [1.54, 1.807) is 0 Å². The van der Waals surface area contributed by atoms with E-state index in [1.807, 2.05) is 0 Å². The first-order valence-corrected chi connectivity index (χ1v) is 10.7. The van der Waals surface area contributed by atoms with Gasteiger partial charge in [-0.15, -0.1) is 4.36 Å². The van der Waals surface area contributed by atoms with E-state index in [9.17, 15) is 22.1 Å². The van der Waals surface area contributed by atoms with Gasteiger partial charge in [-0.2, -0.15) is 5.26 Å². The summed E-state index contributed by atoms with van der Waals surface area (Å²) < 4.78 is 68.8. The summed E-state index contributed by atoms with van der Waals surface area (Å²) in [7, 11) is -2.93. The van der Waals surface area contributed by atoms with Crippen LogP contribution in [0.4, 0.5) is 29.2 Å². The van der Waals surface area contributed by atoms with Crippen molar-refractivity contribution in [3.05, 3.63) is 71.4 Å². The maximum atomic E-state index is 14.1. The van der Waals surface area contributed by atoms with Gasteiger partial charge in [-0.25, -0.2) is 27.5 Å². The van der Waals surface area contributed by atoms with E-state index in [0.29, 0.717) is 11.6 Å². The van der Waals surface area contributed by atoms with Gasteiger partial charge < -0.3 is 9.87 Å². The second-order valence-corrected chi connectivity index (χ2v) is 9.13. The topological polar surface area (TPSA) is 94.2 Å². The standard InChI is InChI=1S/C19H15F4N5OS/c1-30(29,26-10-24)9-11-4-13(21)6-14(5-11)27-19-25-8-17(23)18(28-19)15-3-2-12(20)7-16(15)22/h2-8,30H,9H2,1H3,(H,26,29)(H,25,27,28). The minimum Gasteiger partial charge on any atom is -0.343 e. The first-order valence-electron chi connectivity index (χ1n) is 8.41. The van der Waals surface area contributed by atoms with Crippen LogP contribution in [-0.4, -0.2) is 20.8 Å². The maximum absolute atomic E-state index is 14.1. The molecule has 0 bridgehead atoms. The molecule has 0 saturated heterocycles. The predicted octanol–water partition coefficient (Wildman–Crippen LogP) is 4.60. The van der Waals surface area contributed by atoms with Crippen molar-refractivity contribution in [3.63, 3.8) is 0 Å². The van der Waals surface area contributed by atoms with Crippen molar-refractivity contribution in [1.82, 2.24) is 9.97 Å². The first-order chi connectivity index (χ1) is 14.2. The van der Waals surface area contributed by atoms with E-state index in [-0.39, 0.29) is 23.0 Å². The summed E-state index contributed by atoms with van der Waals surface area (Å²) in [6.45, 7) is 0. The normalized spacial score (nSPS) is 11.6. The van der Waals surface area contributed by atoms with Crippen LogP contribution in [0.3, 0.4) is 0 Å². The van der Waals surface area contributed by atoms with Crippen molar-refractivity contribution in [2.45, 2.75) is 5.75 Å². The minimum atomic E-state index is -2.93. The molecule has 1 aromatic heterocycles. The highest BCUT2D eigenvalue weighted by Gasteiger charge is 2.15. The monoisotopic (exact) mass is 437 g/mol. The van der Waals surface area contributed by atoms with Crippen LogP contribution in [0.5, 0.6) is 0 Å². The van der Waals surface area contributed by atoms with Crippen LogP contribution < -0.4 is 5.32 Å². The fraction of sp³-hybridized carbons (Fsp3) is 0.105. The average Bonchev–Trinajstić information content (AvgIpc) is 2.62. The fourth-order valence-corrected chi connectivity index (χ4v) is 3.86. The molecule has 30 heavy (non-hydrogen) atoms. The van der Waals surface area contributed by atoms with Gasteiger partial charge in [0.05, 0.1) is 6.20 Å². The highest BCUT2D eigenvalue weighted by atomic mass is 32.3. The van der Waals surface area contributed by atoms with Crippen LogP contribution in [0, 0.1) is 34.7 Å². The largest absolute Gasteiger partial charge is 0.343 e. The Labute approximate surface area is 170 Å². The molecule has 6 nitrogen and oxygen atoms in total. The number of nitriles is 1. The molecule has 3 aromatic rings. The van der Waals surface area contributed by atoms with Gasteiger partial charge in [-0.05, 0) is 42.2 Å². The molecule has 3 rings (SSSR count). The molecule has 0 fully saturated rings. The van der Waals surface area contributed by atoms with Crippen molar-refractivity contribution >= 4 is 21.7 Å². The molecule has 1 heterocycles. The zero-order valence-electron chi connectivity index (χ0n) is 15.4. The Morgan fingerprint density at radius 3 is 2.57 bits per heavy atom. The number of hydrogen-bond acceptors (Lipinski definition) is 5. The van der Waals surface area contributed by atoms with Crippen LogP contribution >= 0.6 is 0 Å². The summed E-state index contributed by atoms with van der Waals surface area (Å²) in [4.78, 5) is 7.66. The van der Waals surface area contributed by atoms with E-state index < -0.39 is 39.1 Å². The Morgan fingerprint density at radius 1 is 1.10 bits per heavy atom. The lowest BCUT2D eigenvalue weighted by Gasteiger charge is -2.16. The Bertz CT molecular complexity index is 1210. The van der Waals surface area contributed by atoms with Crippen LogP contribution in [0.2, 0.25) is 0 Å². The number of halogens is 4. The highest BCUT2D eigenvalue weighted by molar-refractivity contribution is 7.98. The molecule has 2 N–H and O–H groups in total. The molecular weight excluding hydrogens is 422 g/mol. The number of aromatic nitrogens is 2. The smallest absolute Gasteiger partial charge is 0.227 e. The second kappa shape index (κ2) is 8.56. The number of rotatable bonds is 5. The van der Waals surface area contributed by atoms with E-state index >= 15 is 0 Å². The summed E-state index contributed by atoms with van der Waals surface area (Å²) in [5.74, 6) is -3.58. The molecule has 156 valence electrons. The van der Waals surface area contributed by atoms with Crippen molar-refractivity contribution in [2.24, 2.45) is 4.36 Å². The molecule has 0 atom stereocenters. The fourth-order valence-electron chi connectivity index (χ4n) is 2.72. The van der Waals surface area contributed by atoms with Crippen molar-refractivity contribution < 1.29 is 22.1 Å². The third-order valence-corrected chi connectivity index (χ3v) is 5.37.